The highest BCUT2D eigenvalue weighted by molar-refractivity contribution is 5.77. The summed E-state index contributed by atoms with van der Waals surface area (Å²) in [7, 11) is 0. The van der Waals surface area contributed by atoms with E-state index in [1.165, 1.54) is 0 Å². The van der Waals surface area contributed by atoms with Crippen molar-refractivity contribution in [3.63, 3.8) is 0 Å². The molecule has 4 rings (SSSR count). The van der Waals surface area contributed by atoms with Crippen LogP contribution in [0.3, 0.4) is 0 Å². The van der Waals surface area contributed by atoms with Gasteiger partial charge < -0.3 is 10.1 Å². The van der Waals surface area contributed by atoms with Crippen LogP contribution in [0.15, 0.2) is 12.3 Å². The maximum atomic E-state index is 12.9. The first-order chi connectivity index (χ1) is 12.5. The Kier molecular flexibility index (Phi) is 4.96. The summed E-state index contributed by atoms with van der Waals surface area (Å²) >= 11 is 0. The lowest BCUT2D eigenvalue weighted by atomic mass is 9.88. The number of rotatable bonds is 5. The Morgan fingerprint density at radius 2 is 2.12 bits per heavy atom. The molecule has 1 aliphatic carbocycles. The second-order valence-corrected chi connectivity index (χ2v) is 7.90. The van der Waals surface area contributed by atoms with Gasteiger partial charge in [0.1, 0.15) is 0 Å². The summed E-state index contributed by atoms with van der Waals surface area (Å²) in [6, 6.07) is 1.55. The number of halogens is 2. The van der Waals surface area contributed by atoms with Gasteiger partial charge in [-0.3, -0.25) is 14.4 Å². The van der Waals surface area contributed by atoms with Gasteiger partial charge in [-0.2, -0.15) is 5.10 Å². The third kappa shape index (κ3) is 4.06. The van der Waals surface area contributed by atoms with E-state index in [-0.39, 0.29) is 31.2 Å². The van der Waals surface area contributed by atoms with Gasteiger partial charge in [0, 0.05) is 57.9 Å². The van der Waals surface area contributed by atoms with Gasteiger partial charge in [0.25, 0.3) is 5.92 Å². The Labute approximate surface area is 151 Å². The monoisotopic (exact) mass is 368 g/mol. The van der Waals surface area contributed by atoms with E-state index in [0.29, 0.717) is 5.92 Å². The van der Waals surface area contributed by atoms with Crippen LogP contribution >= 0.6 is 0 Å². The fourth-order valence-corrected chi connectivity index (χ4v) is 4.31. The van der Waals surface area contributed by atoms with Crippen molar-refractivity contribution >= 4 is 5.91 Å². The van der Waals surface area contributed by atoms with Crippen molar-refractivity contribution < 1.29 is 18.3 Å². The Bertz CT molecular complexity index is 637. The molecule has 1 atom stereocenters. The zero-order valence-corrected chi connectivity index (χ0v) is 14.9. The lowest BCUT2D eigenvalue weighted by molar-refractivity contribution is -0.130. The number of alkyl halides is 2. The number of amides is 1. The molecule has 1 aromatic rings. The average Bonchev–Trinajstić information content (AvgIpc) is 3.03. The third-order valence-electron chi connectivity index (χ3n) is 5.69. The predicted molar refractivity (Wildman–Crippen MR) is 90.8 cm³/mol. The molecule has 6 nitrogen and oxygen atoms in total. The fraction of sp³-hybridized carbons (Fsp3) is 0.778. The molecular weight excluding hydrogens is 342 g/mol. The number of aromatic nitrogens is 2. The molecule has 0 bridgehead atoms. The molecule has 3 heterocycles. The number of ether oxygens (including phenoxy) is 1. The second-order valence-electron chi connectivity index (χ2n) is 7.90. The minimum absolute atomic E-state index is 0.0471. The molecule has 2 fully saturated rings. The molecule has 0 radical (unpaired) electrons. The van der Waals surface area contributed by atoms with E-state index in [9.17, 15) is 13.6 Å². The average molecular weight is 368 g/mol. The SMILES string of the molecule is O=C(CC1CN(CC2CCOCC2)Cc2ccnn21)NC1CC(F)(F)C1. The molecule has 3 aliphatic rings. The summed E-state index contributed by atoms with van der Waals surface area (Å²) < 4.78 is 33.3. The zero-order valence-electron chi connectivity index (χ0n) is 14.9. The molecule has 8 heteroatoms. The first-order valence-electron chi connectivity index (χ1n) is 9.48. The molecule has 0 aromatic carbocycles. The molecule has 144 valence electrons. The molecule has 26 heavy (non-hydrogen) atoms. The molecular formula is C18H26F2N4O2. The maximum absolute atomic E-state index is 12.9. The summed E-state index contributed by atoms with van der Waals surface area (Å²) in [6.07, 6.45) is 3.72. The van der Waals surface area contributed by atoms with E-state index < -0.39 is 12.0 Å². The summed E-state index contributed by atoms with van der Waals surface area (Å²) in [5.74, 6) is -2.15. The summed E-state index contributed by atoms with van der Waals surface area (Å²) in [6.45, 7) is 4.26. The first-order valence-corrected chi connectivity index (χ1v) is 9.48. The normalized spacial score (nSPS) is 26.9. The number of carbonyl (C=O) groups is 1. The molecule has 1 saturated carbocycles. The Morgan fingerprint density at radius 3 is 2.85 bits per heavy atom. The highest BCUT2D eigenvalue weighted by atomic mass is 19.3. The topological polar surface area (TPSA) is 59.4 Å². The third-order valence-corrected chi connectivity index (χ3v) is 5.69. The van der Waals surface area contributed by atoms with Crippen LogP contribution in [0.1, 0.15) is 43.8 Å². The predicted octanol–water partition coefficient (Wildman–Crippen LogP) is 1.97. The number of hydrogen-bond acceptors (Lipinski definition) is 4. The van der Waals surface area contributed by atoms with Crippen LogP contribution in [-0.2, 0) is 16.1 Å². The van der Waals surface area contributed by atoms with Crippen LogP contribution in [0.2, 0.25) is 0 Å². The fourth-order valence-electron chi connectivity index (χ4n) is 4.31. The molecule has 1 N–H and O–H groups in total. The Balaban J connectivity index is 1.34. The Morgan fingerprint density at radius 1 is 1.35 bits per heavy atom. The number of carbonyl (C=O) groups excluding carboxylic acids is 1. The van der Waals surface area contributed by atoms with Gasteiger partial charge in [-0.05, 0) is 24.8 Å². The smallest absolute Gasteiger partial charge is 0.252 e. The van der Waals surface area contributed by atoms with Crippen LogP contribution in [0.25, 0.3) is 0 Å². The van der Waals surface area contributed by atoms with Crippen molar-refractivity contribution in [2.24, 2.45) is 5.92 Å². The lowest BCUT2D eigenvalue weighted by Gasteiger charge is -2.38. The van der Waals surface area contributed by atoms with E-state index in [1.807, 2.05) is 10.7 Å². The van der Waals surface area contributed by atoms with Crippen molar-refractivity contribution in [2.75, 3.05) is 26.3 Å². The molecule has 2 aliphatic heterocycles. The molecule has 1 aromatic heterocycles. The number of fused-ring (bicyclic) bond motifs is 1. The van der Waals surface area contributed by atoms with Gasteiger partial charge in [0.2, 0.25) is 5.91 Å². The van der Waals surface area contributed by atoms with E-state index in [0.717, 1.165) is 51.4 Å². The van der Waals surface area contributed by atoms with Gasteiger partial charge in [0.05, 0.1) is 18.2 Å². The highest BCUT2D eigenvalue weighted by Crippen LogP contribution is 2.37. The van der Waals surface area contributed by atoms with Gasteiger partial charge >= 0.3 is 0 Å². The number of hydrogen-bond donors (Lipinski definition) is 1. The standard InChI is InChI=1S/C18H26F2N4O2/c19-18(20)8-14(9-18)22-17(25)7-16-12-23(10-13-2-5-26-6-3-13)11-15-1-4-21-24(15)16/h1,4,13-14,16H,2-3,5-12H2,(H,22,25). The second kappa shape index (κ2) is 7.23. The van der Waals surface area contributed by atoms with Crippen molar-refractivity contribution in [3.8, 4) is 0 Å². The van der Waals surface area contributed by atoms with Crippen LogP contribution in [0.4, 0.5) is 8.78 Å². The van der Waals surface area contributed by atoms with Crippen LogP contribution < -0.4 is 5.32 Å². The van der Waals surface area contributed by atoms with Gasteiger partial charge in [0.15, 0.2) is 0 Å². The molecule has 1 unspecified atom stereocenters. The minimum Gasteiger partial charge on any atom is -0.381 e. The number of nitrogens with zero attached hydrogens (tertiary/aromatic N) is 3. The largest absolute Gasteiger partial charge is 0.381 e. The maximum Gasteiger partial charge on any atom is 0.252 e. The summed E-state index contributed by atoms with van der Waals surface area (Å²) in [5.41, 5.74) is 1.11. The number of nitrogens with one attached hydrogen (secondary N) is 1. The summed E-state index contributed by atoms with van der Waals surface area (Å²) in [4.78, 5) is 14.7. The van der Waals surface area contributed by atoms with E-state index in [4.69, 9.17) is 4.74 Å². The Hall–Kier alpha value is -1.54. The molecule has 1 amide bonds. The first kappa shape index (κ1) is 17.9. The van der Waals surface area contributed by atoms with E-state index in [2.05, 4.69) is 15.3 Å². The van der Waals surface area contributed by atoms with Gasteiger partial charge in [-0.1, -0.05) is 0 Å². The summed E-state index contributed by atoms with van der Waals surface area (Å²) in [5, 5.41) is 7.12. The van der Waals surface area contributed by atoms with Crippen molar-refractivity contribution in [2.45, 2.75) is 56.7 Å². The zero-order chi connectivity index (χ0) is 18.1. The van der Waals surface area contributed by atoms with Gasteiger partial charge in [-0.15, -0.1) is 0 Å². The molecule has 0 spiro atoms. The van der Waals surface area contributed by atoms with Crippen molar-refractivity contribution in [1.29, 1.82) is 0 Å². The van der Waals surface area contributed by atoms with Crippen LogP contribution in [0, 0.1) is 5.92 Å². The molecule has 1 saturated heterocycles. The van der Waals surface area contributed by atoms with Gasteiger partial charge in [-0.25, -0.2) is 8.78 Å². The van der Waals surface area contributed by atoms with Crippen molar-refractivity contribution in [3.05, 3.63) is 18.0 Å². The van der Waals surface area contributed by atoms with Crippen LogP contribution in [-0.4, -0.2) is 58.9 Å². The van der Waals surface area contributed by atoms with Crippen LogP contribution in [0.5, 0.6) is 0 Å². The van der Waals surface area contributed by atoms with E-state index >= 15 is 0 Å². The van der Waals surface area contributed by atoms with E-state index in [1.54, 1.807) is 6.20 Å². The highest BCUT2D eigenvalue weighted by Gasteiger charge is 2.46. The van der Waals surface area contributed by atoms with Crippen molar-refractivity contribution in [1.82, 2.24) is 20.0 Å². The quantitative estimate of drug-likeness (QED) is 0.863. The lowest BCUT2D eigenvalue weighted by Crippen LogP contribution is -2.51. The minimum atomic E-state index is -2.61.